The maximum atomic E-state index is 8.86. The molecule has 1 N–H and O–H groups in total. The van der Waals surface area contributed by atoms with E-state index in [4.69, 9.17) is 9.84 Å². The first-order valence-electron chi connectivity index (χ1n) is 5.56. The molecule has 0 fully saturated rings. The van der Waals surface area contributed by atoms with Crippen molar-refractivity contribution in [3.8, 4) is 5.75 Å². The summed E-state index contributed by atoms with van der Waals surface area (Å²) in [5.74, 6) is 1.68. The van der Waals surface area contributed by atoms with Crippen molar-refractivity contribution in [1.82, 2.24) is 4.98 Å². The van der Waals surface area contributed by atoms with Crippen LogP contribution in [0.4, 0.5) is 5.82 Å². The number of anilines is 1. The van der Waals surface area contributed by atoms with Crippen molar-refractivity contribution in [2.45, 2.75) is 26.3 Å². The third-order valence-electron chi connectivity index (χ3n) is 2.43. The molecule has 0 bridgehead atoms. The van der Waals surface area contributed by atoms with Crippen LogP contribution in [0.5, 0.6) is 5.75 Å². The van der Waals surface area contributed by atoms with E-state index in [1.807, 2.05) is 12.1 Å². The van der Waals surface area contributed by atoms with Crippen LogP contribution in [-0.4, -0.2) is 36.4 Å². The molecule has 4 nitrogen and oxygen atoms in total. The molecule has 1 aromatic rings. The fraction of sp³-hybridized carbons (Fsp3) is 0.583. The maximum Gasteiger partial charge on any atom is 0.137 e. The molecule has 0 atom stereocenters. The van der Waals surface area contributed by atoms with Gasteiger partial charge in [-0.05, 0) is 32.4 Å². The van der Waals surface area contributed by atoms with Gasteiger partial charge in [-0.3, -0.25) is 0 Å². The second kappa shape index (κ2) is 6.33. The van der Waals surface area contributed by atoms with Gasteiger partial charge in [0, 0.05) is 19.2 Å². The molecule has 0 saturated carbocycles. The lowest BCUT2D eigenvalue weighted by atomic mass is 10.2. The second-order valence-electron chi connectivity index (χ2n) is 3.92. The minimum absolute atomic E-state index is 0.208. The summed E-state index contributed by atoms with van der Waals surface area (Å²) in [6, 6.07) is 4.21. The molecular formula is C12H20N2O2. The lowest BCUT2D eigenvalue weighted by molar-refractivity contribution is 0.288. The standard InChI is InChI=1S/C12H20N2O2/c1-10(2)14(7-4-8-15)12-6-5-11(16-3)9-13-12/h5-6,9-10,15H,4,7-8H2,1-3H3. The smallest absolute Gasteiger partial charge is 0.137 e. The van der Waals surface area contributed by atoms with Crippen LogP contribution in [0.3, 0.4) is 0 Å². The number of rotatable bonds is 6. The highest BCUT2D eigenvalue weighted by Crippen LogP contribution is 2.17. The van der Waals surface area contributed by atoms with E-state index in [1.165, 1.54) is 0 Å². The van der Waals surface area contributed by atoms with Crippen molar-refractivity contribution >= 4 is 5.82 Å². The highest BCUT2D eigenvalue weighted by atomic mass is 16.5. The maximum absolute atomic E-state index is 8.86. The van der Waals surface area contributed by atoms with Crippen molar-refractivity contribution in [2.75, 3.05) is 25.2 Å². The molecule has 1 heterocycles. The van der Waals surface area contributed by atoms with Crippen LogP contribution in [0.2, 0.25) is 0 Å². The van der Waals surface area contributed by atoms with Crippen LogP contribution in [0.25, 0.3) is 0 Å². The van der Waals surface area contributed by atoms with Crippen LogP contribution < -0.4 is 9.64 Å². The van der Waals surface area contributed by atoms with Gasteiger partial charge in [0.25, 0.3) is 0 Å². The number of aliphatic hydroxyl groups is 1. The molecular weight excluding hydrogens is 204 g/mol. The van der Waals surface area contributed by atoms with Crippen LogP contribution >= 0.6 is 0 Å². The van der Waals surface area contributed by atoms with Gasteiger partial charge in [-0.25, -0.2) is 4.98 Å². The van der Waals surface area contributed by atoms with Crippen molar-refractivity contribution in [1.29, 1.82) is 0 Å². The molecule has 90 valence electrons. The average molecular weight is 224 g/mol. The van der Waals surface area contributed by atoms with Crippen LogP contribution in [0.1, 0.15) is 20.3 Å². The molecule has 0 aliphatic carbocycles. The Morgan fingerprint density at radius 1 is 1.44 bits per heavy atom. The Morgan fingerprint density at radius 3 is 2.62 bits per heavy atom. The summed E-state index contributed by atoms with van der Waals surface area (Å²) in [4.78, 5) is 6.51. The number of aromatic nitrogens is 1. The summed E-state index contributed by atoms with van der Waals surface area (Å²) < 4.78 is 5.07. The Kier molecular flexibility index (Phi) is 5.05. The molecule has 0 unspecified atom stereocenters. The van der Waals surface area contributed by atoms with E-state index in [9.17, 15) is 0 Å². The number of ether oxygens (including phenoxy) is 1. The van der Waals surface area contributed by atoms with Crippen molar-refractivity contribution in [3.05, 3.63) is 18.3 Å². The van der Waals surface area contributed by atoms with Crippen molar-refractivity contribution in [2.24, 2.45) is 0 Å². The Morgan fingerprint density at radius 2 is 2.19 bits per heavy atom. The molecule has 0 radical (unpaired) electrons. The Balaban J connectivity index is 2.75. The molecule has 0 aliphatic heterocycles. The van der Waals surface area contributed by atoms with E-state index < -0.39 is 0 Å². The molecule has 4 heteroatoms. The molecule has 1 rings (SSSR count). The zero-order chi connectivity index (χ0) is 12.0. The SMILES string of the molecule is COc1ccc(N(CCCO)C(C)C)nc1. The quantitative estimate of drug-likeness (QED) is 0.798. The molecule has 1 aromatic heterocycles. The van der Waals surface area contributed by atoms with E-state index in [1.54, 1.807) is 13.3 Å². The first-order chi connectivity index (χ1) is 7.69. The zero-order valence-electron chi connectivity index (χ0n) is 10.2. The van der Waals surface area contributed by atoms with Crippen LogP contribution in [0.15, 0.2) is 18.3 Å². The van der Waals surface area contributed by atoms with Gasteiger partial charge in [-0.15, -0.1) is 0 Å². The highest BCUT2D eigenvalue weighted by molar-refractivity contribution is 5.41. The topological polar surface area (TPSA) is 45.6 Å². The van der Waals surface area contributed by atoms with Gasteiger partial charge in [0.15, 0.2) is 0 Å². The normalized spacial score (nSPS) is 10.6. The average Bonchev–Trinajstić information content (AvgIpc) is 2.30. The van der Waals surface area contributed by atoms with Gasteiger partial charge in [-0.2, -0.15) is 0 Å². The fourth-order valence-corrected chi connectivity index (χ4v) is 1.54. The van der Waals surface area contributed by atoms with Crippen molar-refractivity contribution < 1.29 is 9.84 Å². The number of pyridine rings is 1. The zero-order valence-corrected chi connectivity index (χ0v) is 10.2. The first kappa shape index (κ1) is 12.8. The molecule has 0 aliphatic rings. The largest absolute Gasteiger partial charge is 0.495 e. The minimum atomic E-state index is 0.208. The van der Waals surface area contributed by atoms with Crippen LogP contribution in [0, 0.1) is 0 Å². The third-order valence-corrected chi connectivity index (χ3v) is 2.43. The van der Waals surface area contributed by atoms with E-state index >= 15 is 0 Å². The van der Waals surface area contributed by atoms with Gasteiger partial charge >= 0.3 is 0 Å². The summed E-state index contributed by atoms with van der Waals surface area (Å²) in [7, 11) is 1.63. The van der Waals surface area contributed by atoms with Gasteiger partial charge in [0.2, 0.25) is 0 Å². The van der Waals surface area contributed by atoms with Crippen LogP contribution in [-0.2, 0) is 0 Å². The molecule has 0 aromatic carbocycles. The molecule has 16 heavy (non-hydrogen) atoms. The summed E-state index contributed by atoms with van der Waals surface area (Å²) in [6.45, 7) is 5.25. The molecule has 0 amide bonds. The van der Waals surface area contributed by atoms with Gasteiger partial charge in [0.1, 0.15) is 11.6 Å². The summed E-state index contributed by atoms with van der Waals surface area (Å²) in [6.07, 6.45) is 2.47. The predicted molar refractivity (Wildman–Crippen MR) is 65.0 cm³/mol. The molecule has 0 spiro atoms. The summed E-state index contributed by atoms with van der Waals surface area (Å²) >= 11 is 0. The summed E-state index contributed by atoms with van der Waals surface area (Å²) in [5.41, 5.74) is 0. The Labute approximate surface area is 96.9 Å². The second-order valence-corrected chi connectivity index (χ2v) is 3.92. The number of aliphatic hydroxyl groups excluding tert-OH is 1. The fourth-order valence-electron chi connectivity index (χ4n) is 1.54. The van der Waals surface area contributed by atoms with E-state index in [2.05, 4.69) is 23.7 Å². The monoisotopic (exact) mass is 224 g/mol. The van der Waals surface area contributed by atoms with Gasteiger partial charge in [0.05, 0.1) is 13.3 Å². The lowest BCUT2D eigenvalue weighted by Gasteiger charge is -2.27. The number of hydrogen-bond donors (Lipinski definition) is 1. The van der Waals surface area contributed by atoms with Gasteiger partial charge in [-0.1, -0.05) is 0 Å². The van der Waals surface area contributed by atoms with E-state index in [0.29, 0.717) is 6.04 Å². The number of hydrogen-bond acceptors (Lipinski definition) is 4. The summed E-state index contributed by atoms with van der Waals surface area (Å²) in [5, 5.41) is 8.86. The molecule has 0 saturated heterocycles. The van der Waals surface area contributed by atoms with E-state index in [-0.39, 0.29) is 6.61 Å². The first-order valence-corrected chi connectivity index (χ1v) is 5.56. The third kappa shape index (κ3) is 3.38. The Hall–Kier alpha value is -1.29. The number of nitrogens with zero attached hydrogens (tertiary/aromatic N) is 2. The van der Waals surface area contributed by atoms with Gasteiger partial charge < -0.3 is 14.7 Å². The Bertz CT molecular complexity index is 298. The number of methoxy groups -OCH3 is 1. The van der Waals surface area contributed by atoms with E-state index in [0.717, 1.165) is 24.5 Å². The predicted octanol–water partition coefficient (Wildman–Crippen LogP) is 1.69. The minimum Gasteiger partial charge on any atom is -0.495 e. The van der Waals surface area contributed by atoms with Crippen molar-refractivity contribution in [3.63, 3.8) is 0 Å². The highest BCUT2D eigenvalue weighted by Gasteiger charge is 2.11. The lowest BCUT2D eigenvalue weighted by Crippen LogP contribution is -2.32.